The molecule has 1 aliphatic heterocycles. The van der Waals surface area contributed by atoms with E-state index in [4.69, 9.17) is 21.4 Å². The summed E-state index contributed by atoms with van der Waals surface area (Å²) in [7, 11) is -4.20. The number of aliphatic hydroxyl groups is 1. The summed E-state index contributed by atoms with van der Waals surface area (Å²) in [6, 6.07) is 9.81. The van der Waals surface area contributed by atoms with Crippen LogP contribution in [0.1, 0.15) is 24.0 Å². The highest BCUT2D eigenvalue weighted by Crippen LogP contribution is 2.33. The molecule has 2 aromatic carbocycles. The van der Waals surface area contributed by atoms with Gasteiger partial charge < -0.3 is 9.84 Å². The highest BCUT2D eigenvalue weighted by Gasteiger charge is 2.33. The van der Waals surface area contributed by atoms with Gasteiger partial charge in [0, 0.05) is 19.6 Å². The number of likely N-dealkylation sites (tertiary alicyclic amines) is 1. The van der Waals surface area contributed by atoms with E-state index in [9.17, 15) is 21.6 Å². The highest BCUT2D eigenvalue weighted by atomic mass is 35.5. The molecule has 1 fully saturated rings. The maximum Gasteiger partial charge on any atom is 0.416 e. The van der Waals surface area contributed by atoms with Crippen molar-refractivity contribution in [3.63, 3.8) is 0 Å². The first-order valence-corrected chi connectivity index (χ1v) is 12.4. The van der Waals surface area contributed by atoms with Gasteiger partial charge in [-0.05, 0) is 61.2 Å². The van der Waals surface area contributed by atoms with E-state index in [1.54, 1.807) is 0 Å². The predicted molar refractivity (Wildman–Crippen MR) is 119 cm³/mol. The first kappa shape index (κ1) is 25.8. The van der Waals surface area contributed by atoms with E-state index in [0.29, 0.717) is 24.9 Å². The number of benzene rings is 2. The number of nitrogens with zero attached hydrogens (tertiary/aromatic N) is 1. The summed E-state index contributed by atoms with van der Waals surface area (Å²) in [5.74, 6) is 0.674. The molecule has 1 heterocycles. The normalized spacial score (nSPS) is 17.8. The van der Waals surface area contributed by atoms with Crippen LogP contribution in [-0.2, 0) is 22.7 Å². The molecule has 0 unspecified atom stereocenters. The van der Waals surface area contributed by atoms with Crippen LogP contribution in [-0.4, -0.2) is 51.3 Å². The number of ether oxygens (including phenoxy) is 1. The molecule has 2 N–H and O–H groups in total. The van der Waals surface area contributed by atoms with Crippen molar-refractivity contribution >= 4 is 21.6 Å². The van der Waals surface area contributed by atoms with E-state index >= 15 is 0 Å². The fourth-order valence-corrected chi connectivity index (χ4v) is 5.45. The number of aliphatic hydroxyl groups excluding tert-OH is 1. The molecule has 0 spiro atoms. The molecular formula is C22H26ClF3N2O4S. The molecule has 0 aromatic heterocycles. The molecule has 0 aliphatic carbocycles. The van der Waals surface area contributed by atoms with Crippen molar-refractivity contribution in [1.82, 2.24) is 9.62 Å². The van der Waals surface area contributed by atoms with Gasteiger partial charge in [-0.25, -0.2) is 13.1 Å². The van der Waals surface area contributed by atoms with Crippen molar-refractivity contribution in [2.75, 3.05) is 32.8 Å². The lowest BCUT2D eigenvalue weighted by atomic mass is 9.98. The van der Waals surface area contributed by atoms with Crippen LogP contribution in [0.3, 0.4) is 0 Å². The number of hydrogen-bond acceptors (Lipinski definition) is 5. The van der Waals surface area contributed by atoms with Crippen LogP contribution in [0.5, 0.6) is 5.75 Å². The third kappa shape index (κ3) is 7.31. The molecule has 0 amide bonds. The molecule has 2 aromatic rings. The van der Waals surface area contributed by atoms with Crippen molar-refractivity contribution in [3.05, 3.63) is 58.6 Å². The SMILES string of the molecule is O=S(=O)(NC[C@@H]1CCCN(Cc2cccc(OCCO)c2)C1)c1cc(C(F)(F)F)ccc1Cl. The zero-order valence-corrected chi connectivity index (χ0v) is 19.4. The van der Waals surface area contributed by atoms with E-state index < -0.39 is 26.7 Å². The van der Waals surface area contributed by atoms with Crippen molar-refractivity contribution in [3.8, 4) is 5.75 Å². The van der Waals surface area contributed by atoms with Crippen molar-refractivity contribution in [1.29, 1.82) is 0 Å². The van der Waals surface area contributed by atoms with Gasteiger partial charge in [-0.3, -0.25) is 4.90 Å². The largest absolute Gasteiger partial charge is 0.491 e. The van der Waals surface area contributed by atoms with Gasteiger partial charge >= 0.3 is 6.18 Å². The molecule has 33 heavy (non-hydrogen) atoms. The second kappa shape index (κ2) is 11.1. The minimum atomic E-state index is -4.67. The Morgan fingerprint density at radius 2 is 2.00 bits per heavy atom. The Balaban J connectivity index is 1.61. The first-order valence-electron chi connectivity index (χ1n) is 10.5. The number of halogens is 4. The topological polar surface area (TPSA) is 78.9 Å². The van der Waals surface area contributed by atoms with E-state index in [-0.39, 0.29) is 30.7 Å². The lowest BCUT2D eigenvalue weighted by Gasteiger charge is -2.33. The Hall–Kier alpha value is -1.85. The minimum Gasteiger partial charge on any atom is -0.491 e. The van der Waals surface area contributed by atoms with Gasteiger partial charge in [0.1, 0.15) is 17.3 Å². The summed E-state index contributed by atoms with van der Waals surface area (Å²) >= 11 is 5.89. The summed E-state index contributed by atoms with van der Waals surface area (Å²) in [6.45, 7) is 2.39. The van der Waals surface area contributed by atoms with Gasteiger partial charge in [-0.1, -0.05) is 23.7 Å². The van der Waals surface area contributed by atoms with E-state index in [0.717, 1.165) is 37.1 Å². The monoisotopic (exact) mass is 506 g/mol. The molecule has 0 saturated carbocycles. The van der Waals surface area contributed by atoms with Crippen molar-refractivity contribution in [2.45, 2.75) is 30.5 Å². The minimum absolute atomic E-state index is 0.00641. The van der Waals surface area contributed by atoms with Crippen LogP contribution in [0, 0.1) is 5.92 Å². The van der Waals surface area contributed by atoms with Gasteiger partial charge in [0.15, 0.2) is 0 Å². The summed E-state index contributed by atoms with van der Waals surface area (Å²) in [6.07, 6.45) is -2.99. The van der Waals surface area contributed by atoms with E-state index in [1.807, 2.05) is 24.3 Å². The number of piperidine rings is 1. The van der Waals surface area contributed by atoms with Gasteiger partial charge in [0.25, 0.3) is 0 Å². The van der Waals surface area contributed by atoms with Crippen molar-refractivity contribution in [2.24, 2.45) is 5.92 Å². The Morgan fingerprint density at radius 1 is 1.21 bits per heavy atom. The smallest absolute Gasteiger partial charge is 0.416 e. The lowest BCUT2D eigenvalue weighted by Crippen LogP contribution is -2.40. The summed E-state index contributed by atoms with van der Waals surface area (Å²) in [5, 5.41) is 8.63. The molecule has 1 saturated heterocycles. The number of hydrogen-bond donors (Lipinski definition) is 2. The second-order valence-electron chi connectivity index (χ2n) is 7.96. The Labute approximate surface area is 196 Å². The predicted octanol–water partition coefficient (Wildman–Crippen LogP) is 3.92. The van der Waals surface area contributed by atoms with Gasteiger partial charge in [-0.2, -0.15) is 13.2 Å². The van der Waals surface area contributed by atoms with Crippen LogP contribution < -0.4 is 9.46 Å². The van der Waals surface area contributed by atoms with E-state index in [2.05, 4.69) is 9.62 Å². The van der Waals surface area contributed by atoms with Crippen LogP contribution >= 0.6 is 11.6 Å². The Morgan fingerprint density at radius 3 is 2.73 bits per heavy atom. The van der Waals surface area contributed by atoms with Crippen LogP contribution in [0.15, 0.2) is 47.4 Å². The molecule has 0 radical (unpaired) electrons. The van der Waals surface area contributed by atoms with Crippen LogP contribution in [0.4, 0.5) is 13.2 Å². The molecule has 182 valence electrons. The molecule has 1 aliphatic rings. The average Bonchev–Trinajstić information content (AvgIpc) is 2.76. The lowest BCUT2D eigenvalue weighted by molar-refractivity contribution is -0.137. The van der Waals surface area contributed by atoms with Crippen LogP contribution in [0.2, 0.25) is 5.02 Å². The number of nitrogens with one attached hydrogen (secondary N) is 1. The maximum atomic E-state index is 13.0. The quantitative estimate of drug-likeness (QED) is 0.539. The average molecular weight is 507 g/mol. The second-order valence-corrected chi connectivity index (χ2v) is 10.1. The summed E-state index contributed by atoms with van der Waals surface area (Å²) < 4.78 is 72.2. The molecule has 6 nitrogen and oxygen atoms in total. The Kier molecular flexibility index (Phi) is 8.63. The zero-order chi connectivity index (χ0) is 24.1. The Bertz CT molecular complexity index is 1050. The van der Waals surface area contributed by atoms with Gasteiger partial charge in [0.05, 0.1) is 17.2 Å². The highest BCUT2D eigenvalue weighted by molar-refractivity contribution is 7.89. The molecule has 0 bridgehead atoms. The molecule has 1 atom stereocenters. The van der Waals surface area contributed by atoms with E-state index in [1.165, 1.54) is 0 Å². The standard InChI is InChI=1S/C22H26ClF3N2O4S/c23-20-7-6-18(22(24,25)26)12-21(20)33(30,31)27-13-17-4-2-8-28(15-17)14-16-3-1-5-19(11-16)32-10-9-29/h1,3,5-7,11-12,17,27,29H,2,4,8-10,13-15H2/t17-/m0/s1. The fourth-order valence-electron chi connectivity index (χ4n) is 3.81. The summed E-state index contributed by atoms with van der Waals surface area (Å²) in [5.41, 5.74) is -0.0382. The summed E-state index contributed by atoms with van der Waals surface area (Å²) in [4.78, 5) is 1.62. The van der Waals surface area contributed by atoms with Gasteiger partial charge in [-0.15, -0.1) is 0 Å². The molecule has 11 heteroatoms. The third-order valence-corrected chi connectivity index (χ3v) is 7.28. The zero-order valence-electron chi connectivity index (χ0n) is 17.8. The number of alkyl halides is 3. The third-order valence-electron chi connectivity index (χ3n) is 5.38. The van der Waals surface area contributed by atoms with Crippen molar-refractivity contribution < 1.29 is 31.4 Å². The fraction of sp³-hybridized carbons (Fsp3) is 0.455. The number of rotatable bonds is 9. The van der Waals surface area contributed by atoms with Crippen LogP contribution in [0.25, 0.3) is 0 Å². The number of sulfonamides is 1. The molecule has 3 rings (SSSR count). The van der Waals surface area contributed by atoms with Gasteiger partial charge in [0.2, 0.25) is 10.0 Å². The molecular weight excluding hydrogens is 481 g/mol. The first-order chi connectivity index (χ1) is 15.6. The maximum absolute atomic E-state index is 13.0.